The van der Waals surface area contributed by atoms with E-state index >= 15 is 0 Å². The van der Waals surface area contributed by atoms with E-state index in [0.717, 1.165) is 39.2 Å². The average Bonchev–Trinajstić information content (AvgIpc) is 3.48. The third kappa shape index (κ3) is 3.51. The molecular weight excluding hydrogens is 464 g/mol. The van der Waals surface area contributed by atoms with Crippen molar-refractivity contribution < 1.29 is 4.79 Å². The first-order valence-electron chi connectivity index (χ1n) is 11.8. The highest BCUT2D eigenvalue weighted by Gasteiger charge is 2.35. The number of hydrogen-bond donors (Lipinski definition) is 0. The first kappa shape index (κ1) is 21.7. The predicted octanol–water partition coefficient (Wildman–Crippen LogP) is 5.54. The summed E-state index contributed by atoms with van der Waals surface area (Å²) < 4.78 is 0.762. The van der Waals surface area contributed by atoms with Crippen LogP contribution < -0.4 is 9.80 Å². The molecule has 0 radical (unpaired) electrons. The third-order valence-corrected chi connectivity index (χ3v) is 8.71. The molecule has 6 rings (SSSR count). The van der Waals surface area contributed by atoms with Crippen molar-refractivity contribution in [1.29, 1.82) is 0 Å². The van der Waals surface area contributed by atoms with E-state index in [4.69, 9.17) is 16.6 Å². The van der Waals surface area contributed by atoms with Crippen LogP contribution in [-0.4, -0.2) is 48.5 Å². The molecular formula is C27H27ClN4OS. The second-order valence-electron chi connectivity index (χ2n) is 9.43. The lowest BCUT2D eigenvalue weighted by molar-refractivity contribution is -0.127. The van der Waals surface area contributed by atoms with Gasteiger partial charge in [-0.15, -0.1) is 11.3 Å². The Balaban J connectivity index is 1.44. The number of pyridine rings is 1. The fraction of sp³-hybridized carbons (Fsp3) is 0.333. The highest BCUT2D eigenvalue weighted by Crippen LogP contribution is 2.44. The molecule has 3 aliphatic rings. The summed E-state index contributed by atoms with van der Waals surface area (Å²) in [4.78, 5) is 25.4. The Morgan fingerprint density at radius 2 is 2.09 bits per heavy atom. The van der Waals surface area contributed by atoms with Crippen LogP contribution >= 0.6 is 22.9 Å². The molecule has 5 nitrogen and oxygen atoms in total. The molecule has 0 spiro atoms. The summed E-state index contributed by atoms with van der Waals surface area (Å²) in [5.41, 5.74) is 5.86. The SMILES string of the molecule is C=CC(=O)N1Cc2sc(Cl)cc2[C@@H](c2ccccc2-c2cnc3c(c2)N(C)CC2CCCN32)C1. The Kier molecular flexibility index (Phi) is 5.38. The zero-order valence-electron chi connectivity index (χ0n) is 19.2. The highest BCUT2D eigenvalue weighted by molar-refractivity contribution is 7.16. The van der Waals surface area contributed by atoms with Crippen LogP contribution in [0, 0.1) is 0 Å². The van der Waals surface area contributed by atoms with Crippen LogP contribution in [0.2, 0.25) is 4.34 Å². The van der Waals surface area contributed by atoms with E-state index in [1.54, 1.807) is 11.3 Å². The number of amides is 1. The van der Waals surface area contributed by atoms with Gasteiger partial charge in [0, 0.05) is 55.3 Å². The monoisotopic (exact) mass is 490 g/mol. The number of aromatic nitrogens is 1. The number of rotatable bonds is 3. The zero-order valence-corrected chi connectivity index (χ0v) is 20.8. The zero-order chi connectivity index (χ0) is 23.4. The minimum Gasteiger partial charge on any atom is -0.370 e. The van der Waals surface area contributed by atoms with Crippen molar-refractivity contribution in [3.63, 3.8) is 0 Å². The number of thiophene rings is 1. The second kappa shape index (κ2) is 8.43. The van der Waals surface area contributed by atoms with Crippen LogP contribution in [0.5, 0.6) is 0 Å². The van der Waals surface area contributed by atoms with E-state index in [-0.39, 0.29) is 11.8 Å². The van der Waals surface area contributed by atoms with E-state index in [1.807, 2.05) is 11.1 Å². The normalized spacial score (nSPS) is 21.2. The van der Waals surface area contributed by atoms with Crippen molar-refractivity contribution in [2.75, 3.05) is 36.5 Å². The van der Waals surface area contributed by atoms with Gasteiger partial charge in [0.1, 0.15) is 0 Å². The first-order valence-corrected chi connectivity index (χ1v) is 13.0. The molecule has 2 aromatic heterocycles. The van der Waals surface area contributed by atoms with Crippen LogP contribution in [0.1, 0.15) is 34.8 Å². The number of benzene rings is 1. The number of hydrogen-bond acceptors (Lipinski definition) is 5. The Labute approximate surface area is 209 Å². The average molecular weight is 491 g/mol. The molecule has 5 heterocycles. The van der Waals surface area contributed by atoms with E-state index in [0.29, 0.717) is 19.1 Å². The number of anilines is 2. The van der Waals surface area contributed by atoms with Gasteiger partial charge in [0.25, 0.3) is 0 Å². The smallest absolute Gasteiger partial charge is 0.246 e. The van der Waals surface area contributed by atoms with Gasteiger partial charge in [-0.25, -0.2) is 4.98 Å². The molecule has 34 heavy (non-hydrogen) atoms. The van der Waals surface area contributed by atoms with E-state index < -0.39 is 0 Å². The fourth-order valence-corrected chi connectivity index (χ4v) is 7.18. The predicted molar refractivity (Wildman–Crippen MR) is 140 cm³/mol. The van der Waals surface area contributed by atoms with Crippen molar-refractivity contribution in [3.8, 4) is 11.1 Å². The fourth-order valence-electron chi connectivity index (χ4n) is 5.82. The number of nitrogens with zero attached hydrogens (tertiary/aromatic N) is 4. The largest absolute Gasteiger partial charge is 0.370 e. The quantitative estimate of drug-likeness (QED) is 0.452. The maximum absolute atomic E-state index is 12.6. The van der Waals surface area contributed by atoms with Crippen LogP contribution in [-0.2, 0) is 11.3 Å². The Morgan fingerprint density at radius 3 is 2.94 bits per heavy atom. The van der Waals surface area contributed by atoms with Gasteiger partial charge in [-0.2, -0.15) is 0 Å². The summed E-state index contributed by atoms with van der Waals surface area (Å²) in [6.07, 6.45) is 5.89. The molecule has 3 aromatic rings. The molecule has 0 saturated carbocycles. The number of likely N-dealkylation sites (N-methyl/N-ethyl adjacent to an activating group) is 1. The molecule has 7 heteroatoms. The lowest BCUT2D eigenvalue weighted by Crippen LogP contribution is -2.44. The van der Waals surface area contributed by atoms with Crippen molar-refractivity contribution in [2.24, 2.45) is 0 Å². The van der Waals surface area contributed by atoms with E-state index in [1.165, 1.54) is 35.7 Å². The Bertz CT molecular complexity index is 1290. The van der Waals surface area contributed by atoms with Crippen LogP contribution in [0.4, 0.5) is 11.5 Å². The van der Waals surface area contributed by atoms with Gasteiger partial charge in [-0.1, -0.05) is 42.4 Å². The molecule has 1 amide bonds. The van der Waals surface area contributed by atoms with E-state index in [2.05, 4.69) is 59.8 Å². The van der Waals surface area contributed by atoms with Gasteiger partial charge in [-0.05, 0) is 47.7 Å². The number of carbonyl (C=O) groups excluding carboxylic acids is 1. The highest BCUT2D eigenvalue weighted by atomic mass is 35.5. The van der Waals surface area contributed by atoms with Crippen molar-refractivity contribution in [1.82, 2.24) is 9.88 Å². The number of carbonyl (C=O) groups is 1. The summed E-state index contributed by atoms with van der Waals surface area (Å²) in [5.74, 6) is 1.10. The Hall–Kier alpha value is -2.83. The molecule has 3 aliphatic heterocycles. The molecule has 1 aromatic carbocycles. The van der Waals surface area contributed by atoms with Gasteiger partial charge < -0.3 is 14.7 Å². The molecule has 0 N–H and O–H groups in total. The van der Waals surface area contributed by atoms with Gasteiger partial charge in [-0.3, -0.25) is 4.79 Å². The molecule has 2 atom stereocenters. The van der Waals surface area contributed by atoms with Crippen molar-refractivity contribution in [2.45, 2.75) is 31.3 Å². The topological polar surface area (TPSA) is 39.7 Å². The van der Waals surface area contributed by atoms with Crippen LogP contribution in [0.3, 0.4) is 0 Å². The van der Waals surface area contributed by atoms with Crippen molar-refractivity contribution in [3.05, 3.63) is 75.6 Å². The van der Waals surface area contributed by atoms with Gasteiger partial charge >= 0.3 is 0 Å². The lowest BCUT2D eigenvalue weighted by atomic mass is 9.84. The molecule has 174 valence electrons. The second-order valence-corrected chi connectivity index (χ2v) is 11.2. The Morgan fingerprint density at radius 1 is 1.24 bits per heavy atom. The summed E-state index contributed by atoms with van der Waals surface area (Å²) in [5, 5.41) is 0. The molecule has 1 saturated heterocycles. The first-order chi connectivity index (χ1) is 16.5. The molecule has 0 bridgehead atoms. The van der Waals surface area contributed by atoms with Gasteiger partial charge in [0.15, 0.2) is 5.82 Å². The summed E-state index contributed by atoms with van der Waals surface area (Å²) in [7, 11) is 2.17. The van der Waals surface area contributed by atoms with Crippen LogP contribution in [0.15, 0.2) is 55.3 Å². The minimum absolute atomic E-state index is 0.0457. The van der Waals surface area contributed by atoms with Gasteiger partial charge in [0.05, 0.1) is 16.6 Å². The summed E-state index contributed by atoms with van der Waals surface area (Å²) in [6, 6.07) is 13.4. The molecule has 1 unspecified atom stereocenters. The lowest BCUT2D eigenvalue weighted by Gasteiger charge is -2.38. The van der Waals surface area contributed by atoms with Crippen molar-refractivity contribution >= 4 is 40.4 Å². The van der Waals surface area contributed by atoms with Gasteiger partial charge in [0.2, 0.25) is 5.91 Å². The van der Waals surface area contributed by atoms with Crippen LogP contribution in [0.25, 0.3) is 11.1 Å². The number of fused-ring (bicyclic) bond motifs is 4. The summed E-state index contributed by atoms with van der Waals surface area (Å²) >= 11 is 8.00. The maximum atomic E-state index is 12.6. The third-order valence-electron chi connectivity index (χ3n) is 7.45. The summed E-state index contributed by atoms with van der Waals surface area (Å²) in [6.45, 7) is 7.02. The van der Waals surface area contributed by atoms with E-state index in [9.17, 15) is 4.79 Å². The number of halogens is 1. The minimum atomic E-state index is -0.0464. The standard InChI is InChI=1S/C27H27ClN4OS/c1-3-26(33)31-15-22(21-12-25(28)34-24(21)16-31)20-9-5-4-8-19(20)17-11-23-27(29-13-17)32-10-6-7-18(32)14-30(23)2/h3-5,8-9,11-13,18,22H,1,6-7,10,14-16H2,2H3/t18?,22-/m1/s1. The molecule has 0 aliphatic carbocycles. The molecule has 1 fully saturated rings. The maximum Gasteiger partial charge on any atom is 0.246 e.